The van der Waals surface area contributed by atoms with Crippen molar-refractivity contribution in [3.8, 4) is 0 Å². The number of anilines is 1. The van der Waals surface area contributed by atoms with Crippen LogP contribution >= 0.6 is 0 Å². The number of nitrogens with zero attached hydrogens (tertiary/aromatic N) is 4. The van der Waals surface area contributed by atoms with E-state index in [1.807, 2.05) is 53.4 Å². The van der Waals surface area contributed by atoms with Crippen LogP contribution in [0.5, 0.6) is 0 Å². The summed E-state index contributed by atoms with van der Waals surface area (Å²) in [5.74, 6) is 0.890. The zero-order valence-electron chi connectivity index (χ0n) is 16.3. The molecule has 1 aliphatic heterocycles. The third-order valence-electron chi connectivity index (χ3n) is 5.72. The molecule has 0 unspecified atom stereocenters. The Kier molecular flexibility index (Phi) is 5.03. The van der Waals surface area contributed by atoms with Gasteiger partial charge >= 0.3 is 0 Å². The van der Waals surface area contributed by atoms with E-state index in [4.69, 9.17) is 0 Å². The van der Waals surface area contributed by atoms with Crippen LogP contribution in [0.1, 0.15) is 18.4 Å². The number of rotatable bonds is 5. The molecule has 0 spiro atoms. The lowest BCUT2D eigenvalue weighted by Crippen LogP contribution is -2.53. The Balaban J connectivity index is 1.37. The summed E-state index contributed by atoms with van der Waals surface area (Å²) in [4.78, 5) is 36.4. The molecule has 146 valence electrons. The molecule has 1 aromatic carbocycles. The number of aromatic nitrogens is 1. The summed E-state index contributed by atoms with van der Waals surface area (Å²) < 4.78 is 0. The van der Waals surface area contributed by atoms with E-state index < -0.39 is 5.41 Å². The minimum Gasteiger partial charge on any atom is -0.353 e. The molecule has 2 aliphatic rings. The Labute approximate surface area is 165 Å². The van der Waals surface area contributed by atoms with E-state index in [0.717, 1.165) is 24.5 Å². The highest BCUT2D eigenvalue weighted by Crippen LogP contribution is 2.49. The second kappa shape index (κ2) is 7.62. The summed E-state index contributed by atoms with van der Waals surface area (Å²) in [5.41, 5.74) is 0.238. The molecule has 1 aromatic heterocycles. The predicted octanol–water partition coefficient (Wildman–Crippen LogP) is 2.17. The summed E-state index contributed by atoms with van der Waals surface area (Å²) >= 11 is 0. The highest BCUT2D eigenvalue weighted by molar-refractivity contribution is 6.07. The Morgan fingerprint density at radius 1 is 1.00 bits per heavy atom. The van der Waals surface area contributed by atoms with E-state index in [1.165, 1.54) is 0 Å². The molecule has 4 rings (SSSR count). The molecule has 0 atom stereocenters. The maximum atomic E-state index is 13.2. The van der Waals surface area contributed by atoms with Crippen LogP contribution in [0.3, 0.4) is 0 Å². The topological polar surface area (TPSA) is 56.8 Å². The third kappa shape index (κ3) is 3.59. The quantitative estimate of drug-likeness (QED) is 0.749. The van der Waals surface area contributed by atoms with E-state index >= 15 is 0 Å². The Bertz CT molecular complexity index is 828. The maximum absolute atomic E-state index is 13.2. The number of piperazine rings is 1. The summed E-state index contributed by atoms with van der Waals surface area (Å²) in [6.07, 6.45) is 3.10. The first-order valence-corrected chi connectivity index (χ1v) is 9.85. The lowest BCUT2D eigenvalue weighted by molar-refractivity contribution is -0.149. The lowest BCUT2D eigenvalue weighted by atomic mass is 10.0. The molecular formula is C22H26N4O2. The van der Waals surface area contributed by atoms with Crippen molar-refractivity contribution in [2.24, 2.45) is 5.41 Å². The van der Waals surface area contributed by atoms with Crippen LogP contribution in [0.15, 0.2) is 54.7 Å². The first-order valence-electron chi connectivity index (χ1n) is 9.85. The molecule has 6 heteroatoms. The lowest BCUT2D eigenvalue weighted by Gasteiger charge is -2.37. The Morgan fingerprint density at radius 2 is 1.68 bits per heavy atom. The number of hydrogen-bond donors (Lipinski definition) is 0. The minimum absolute atomic E-state index is 0.00178. The van der Waals surface area contributed by atoms with Gasteiger partial charge in [-0.25, -0.2) is 4.98 Å². The van der Waals surface area contributed by atoms with E-state index in [1.54, 1.807) is 18.1 Å². The number of carbonyl (C=O) groups is 2. The van der Waals surface area contributed by atoms with Gasteiger partial charge in [-0.1, -0.05) is 36.4 Å². The molecule has 1 saturated heterocycles. The molecule has 1 saturated carbocycles. The van der Waals surface area contributed by atoms with Crippen LogP contribution in [0, 0.1) is 5.41 Å². The molecule has 2 fully saturated rings. The average molecular weight is 378 g/mol. The second-order valence-corrected chi connectivity index (χ2v) is 7.70. The largest absolute Gasteiger partial charge is 0.353 e. The minimum atomic E-state index is -0.837. The van der Waals surface area contributed by atoms with E-state index in [2.05, 4.69) is 9.88 Å². The summed E-state index contributed by atoms with van der Waals surface area (Å²) in [7, 11) is 1.79. The van der Waals surface area contributed by atoms with Crippen molar-refractivity contribution in [3.05, 3.63) is 60.3 Å². The van der Waals surface area contributed by atoms with Crippen molar-refractivity contribution in [1.29, 1.82) is 0 Å². The SMILES string of the molecule is CN(Cc1ccccc1)C(=O)C1(C(=O)N2CCN(c3ccccn3)CC2)CC1. The fourth-order valence-corrected chi connectivity index (χ4v) is 3.92. The van der Waals surface area contributed by atoms with Gasteiger partial charge in [0.15, 0.2) is 0 Å². The molecule has 1 aliphatic carbocycles. The predicted molar refractivity (Wildman–Crippen MR) is 108 cm³/mol. The first-order chi connectivity index (χ1) is 13.6. The number of benzene rings is 1. The molecular weight excluding hydrogens is 352 g/mol. The molecule has 0 bridgehead atoms. The highest BCUT2D eigenvalue weighted by Gasteiger charge is 2.59. The summed E-state index contributed by atoms with van der Waals surface area (Å²) in [5, 5.41) is 0. The van der Waals surface area contributed by atoms with Gasteiger partial charge in [0.05, 0.1) is 0 Å². The van der Waals surface area contributed by atoms with Gasteiger partial charge in [-0.2, -0.15) is 0 Å². The van der Waals surface area contributed by atoms with Crippen molar-refractivity contribution < 1.29 is 9.59 Å². The zero-order valence-corrected chi connectivity index (χ0v) is 16.3. The van der Waals surface area contributed by atoms with Gasteiger partial charge in [0.1, 0.15) is 11.2 Å². The first kappa shape index (κ1) is 18.5. The summed E-state index contributed by atoms with van der Waals surface area (Å²) in [6, 6.07) is 15.8. The molecule has 0 radical (unpaired) electrons. The van der Waals surface area contributed by atoms with Crippen LogP contribution < -0.4 is 4.90 Å². The van der Waals surface area contributed by atoms with Crippen molar-refractivity contribution >= 4 is 17.6 Å². The van der Waals surface area contributed by atoms with Gasteiger partial charge in [-0.05, 0) is 30.5 Å². The second-order valence-electron chi connectivity index (χ2n) is 7.70. The van der Waals surface area contributed by atoms with Gasteiger partial charge in [0, 0.05) is 46.0 Å². The number of carbonyl (C=O) groups excluding carboxylic acids is 2. The summed E-state index contributed by atoms with van der Waals surface area (Å²) in [6.45, 7) is 3.28. The molecule has 6 nitrogen and oxygen atoms in total. The van der Waals surface area contributed by atoms with Crippen molar-refractivity contribution in [3.63, 3.8) is 0 Å². The van der Waals surface area contributed by atoms with Gasteiger partial charge in [-0.3, -0.25) is 9.59 Å². The van der Waals surface area contributed by atoms with E-state index in [0.29, 0.717) is 32.5 Å². The molecule has 2 aromatic rings. The fraction of sp³-hybridized carbons (Fsp3) is 0.409. The van der Waals surface area contributed by atoms with Crippen molar-refractivity contribution in [1.82, 2.24) is 14.8 Å². The molecule has 0 N–H and O–H groups in total. The van der Waals surface area contributed by atoms with Crippen LogP contribution in [0.25, 0.3) is 0 Å². The molecule has 2 amide bonds. The fourth-order valence-electron chi connectivity index (χ4n) is 3.92. The number of hydrogen-bond acceptors (Lipinski definition) is 4. The average Bonchev–Trinajstić information content (AvgIpc) is 3.56. The maximum Gasteiger partial charge on any atom is 0.238 e. The van der Waals surface area contributed by atoms with Crippen molar-refractivity contribution in [2.75, 3.05) is 38.1 Å². The molecule has 28 heavy (non-hydrogen) atoms. The van der Waals surface area contributed by atoms with Crippen LogP contribution in [-0.4, -0.2) is 59.8 Å². The number of pyridine rings is 1. The van der Waals surface area contributed by atoms with E-state index in [-0.39, 0.29) is 11.8 Å². The third-order valence-corrected chi connectivity index (χ3v) is 5.72. The van der Waals surface area contributed by atoms with Gasteiger partial charge in [0.2, 0.25) is 11.8 Å². The van der Waals surface area contributed by atoms with Crippen molar-refractivity contribution in [2.45, 2.75) is 19.4 Å². The standard InChI is InChI=1S/C22H26N4O2/c1-24(17-18-7-3-2-4-8-18)20(27)22(10-11-22)21(28)26-15-13-25(14-16-26)19-9-5-6-12-23-19/h2-9,12H,10-11,13-17H2,1H3. The molecule has 2 heterocycles. The van der Waals surface area contributed by atoms with E-state index in [9.17, 15) is 9.59 Å². The monoisotopic (exact) mass is 378 g/mol. The van der Waals surface area contributed by atoms with Gasteiger partial charge in [0.25, 0.3) is 0 Å². The zero-order chi connectivity index (χ0) is 19.6. The van der Waals surface area contributed by atoms with Gasteiger partial charge in [-0.15, -0.1) is 0 Å². The van der Waals surface area contributed by atoms with Crippen LogP contribution in [0.4, 0.5) is 5.82 Å². The smallest absolute Gasteiger partial charge is 0.238 e. The number of amides is 2. The Hall–Kier alpha value is -2.89. The Morgan fingerprint density at radius 3 is 2.29 bits per heavy atom. The van der Waals surface area contributed by atoms with Crippen LogP contribution in [-0.2, 0) is 16.1 Å². The van der Waals surface area contributed by atoms with Gasteiger partial charge < -0.3 is 14.7 Å². The highest BCUT2D eigenvalue weighted by atomic mass is 16.2. The normalized spacial score (nSPS) is 17.9. The van der Waals surface area contributed by atoms with Crippen LogP contribution in [0.2, 0.25) is 0 Å².